The number of aliphatic hydroxyl groups is 1. The van der Waals surface area contributed by atoms with Gasteiger partial charge in [0.1, 0.15) is 17.6 Å². The van der Waals surface area contributed by atoms with Gasteiger partial charge in [0.25, 0.3) is 0 Å². The summed E-state index contributed by atoms with van der Waals surface area (Å²) in [7, 11) is 0. The average Bonchev–Trinajstić information content (AvgIpc) is 3.30. The van der Waals surface area contributed by atoms with Crippen molar-refractivity contribution in [3.05, 3.63) is 25.3 Å². The largest absolute Gasteiger partial charge is 0.465 e. The molecule has 3 aliphatic heterocycles. The van der Waals surface area contributed by atoms with Crippen LogP contribution < -0.4 is 0 Å². The molecule has 0 aromatic heterocycles. The van der Waals surface area contributed by atoms with Gasteiger partial charge >= 0.3 is 5.97 Å². The first-order valence-corrected chi connectivity index (χ1v) is 11.5. The molecule has 3 fully saturated rings. The molecular formula is C24H36N2O6. The van der Waals surface area contributed by atoms with Crippen molar-refractivity contribution in [3.63, 3.8) is 0 Å². The van der Waals surface area contributed by atoms with Gasteiger partial charge in [-0.05, 0) is 46.5 Å². The fraction of sp³-hybridized carbons (Fsp3) is 0.708. The first kappa shape index (κ1) is 24.5. The lowest BCUT2D eigenvalue weighted by Crippen LogP contribution is -2.57. The SMILES string of the molecule is C=CCCOC(=O)[C@H]1[C@H]2C(=O)N(CCCO)C(C(=O)N(CC=C)C(C)C)C23CC[C@]1(C)O3. The molecular weight excluding hydrogens is 412 g/mol. The maximum absolute atomic E-state index is 13.8. The topological polar surface area (TPSA) is 96.4 Å². The Balaban J connectivity index is 2.01. The Kier molecular flexibility index (Phi) is 7.15. The second kappa shape index (κ2) is 9.35. The Labute approximate surface area is 190 Å². The number of ether oxygens (including phenoxy) is 2. The summed E-state index contributed by atoms with van der Waals surface area (Å²) in [5, 5.41) is 9.39. The molecule has 0 aromatic carbocycles. The molecule has 0 aromatic rings. The third kappa shape index (κ3) is 3.77. The summed E-state index contributed by atoms with van der Waals surface area (Å²) in [5.74, 6) is -2.49. The molecule has 8 nitrogen and oxygen atoms in total. The zero-order chi connectivity index (χ0) is 23.7. The van der Waals surface area contributed by atoms with Crippen molar-refractivity contribution >= 4 is 17.8 Å². The standard InChI is InChI=1S/C24H36N2O6/c1-6-8-15-31-22(30)18-17-20(28)26(13-9-14-27)19(21(29)25(12-7-2)16(3)4)24(17)11-10-23(18,5)32-24/h6-7,16-19,27H,1-2,8-15H2,3-5H3/t17-,18+,19?,23-,24?/m0/s1. The number of aliphatic hydroxyl groups excluding tert-OH is 1. The number of esters is 1. The van der Waals surface area contributed by atoms with E-state index in [1.165, 1.54) is 4.90 Å². The molecule has 3 saturated heterocycles. The minimum Gasteiger partial charge on any atom is -0.465 e. The Hall–Kier alpha value is -2.19. The summed E-state index contributed by atoms with van der Waals surface area (Å²) < 4.78 is 12.0. The van der Waals surface area contributed by atoms with Crippen LogP contribution in [0, 0.1) is 11.8 Å². The van der Waals surface area contributed by atoms with Crippen LogP contribution in [-0.4, -0.2) is 82.3 Å². The third-order valence-corrected chi connectivity index (χ3v) is 7.12. The molecule has 0 saturated carbocycles. The van der Waals surface area contributed by atoms with Gasteiger partial charge in [-0.15, -0.1) is 13.2 Å². The van der Waals surface area contributed by atoms with Crippen LogP contribution in [-0.2, 0) is 23.9 Å². The average molecular weight is 449 g/mol. The van der Waals surface area contributed by atoms with Gasteiger partial charge in [-0.2, -0.15) is 0 Å². The highest BCUT2D eigenvalue weighted by molar-refractivity contribution is 5.98. The summed E-state index contributed by atoms with van der Waals surface area (Å²) in [6.45, 7) is 13.7. The van der Waals surface area contributed by atoms with E-state index in [2.05, 4.69) is 13.2 Å². The number of amides is 2. The Morgan fingerprint density at radius 2 is 2.06 bits per heavy atom. The zero-order valence-corrected chi connectivity index (χ0v) is 19.4. The van der Waals surface area contributed by atoms with Crippen molar-refractivity contribution < 1.29 is 29.0 Å². The van der Waals surface area contributed by atoms with Crippen LogP contribution in [0.5, 0.6) is 0 Å². The van der Waals surface area contributed by atoms with Crippen LogP contribution in [0.1, 0.15) is 46.5 Å². The fourth-order valence-electron chi connectivity index (χ4n) is 5.73. The van der Waals surface area contributed by atoms with Crippen molar-refractivity contribution in [1.29, 1.82) is 0 Å². The number of fused-ring (bicyclic) bond motifs is 1. The van der Waals surface area contributed by atoms with E-state index in [1.54, 1.807) is 17.1 Å². The minimum absolute atomic E-state index is 0.0976. The first-order valence-electron chi connectivity index (χ1n) is 11.5. The van der Waals surface area contributed by atoms with Crippen LogP contribution in [0.25, 0.3) is 0 Å². The highest BCUT2D eigenvalue weighted by Crippen LogP contribution is 2.63. The van der Waals surface area contributed by atoms with E-state index in [0.717, 1.165) is 0 Å². The van der Waals surface area contributed by atoms with Crippen LogP contribution >= 0.6 is 0 Å². The summed E-state index contributed by atoms with van der Waals surface area (Å²) in [6, 6.07) is -0.943. The van der Waals surface area contributed by atoms with E-state index in [9.17, 15) is 19.5 Å². The molecule has 2 amide bonds. The predicted octanol–water partition coefficient (Wildman–Crippen LogP) is 1.68. The molecule has 32 heavy (non-hydrogen) atoms. The zero-order valence-electron chi connectivity index (χ0n) is 19.4. The number of rotatable bonds is 11. The van der Waals surface area contributed by atoms with Crippen LogP contribution in [0.2, 0.25) is 0 Å². The van der Waals surface area contributed by atoms with E-state index in [4.69, 9.17) is 9.47 Å². The summed E-state index contributed by atoms with van der Waals surface area (Å²) >= 11 is 0. The molecule has 3 heterocycles. The molecule has 0 radical (unpaired) electrons. The Morgan fingerprint density at radius 3 is 2.66 bits per heavy atom. The maximum Gasteiger partial charge on any atom is 0.312 e. The normalized spacial score (nSPS) is 32.8. The number of hydrogen-bond donors (Lipinski definition) is 1. The van der Waals surface area contributed by atoms with Gasteiger partial charge in [-0.3, -0.25) is 14.4 Å². The van der Waals surface area contributed by atoms with Crippen LogP contribution in [0.15, 0.2) is 25.3 Å². The molecule has 3 rings (SSSR count). The third-order valence-electron chi connectivity index (χ3n) is 7.12. The number of carbonyl (C=O) groups excluding carboxylic acids is 3. The monoisotopic (exact) mass is 448 g/mol. The quantitative estimate of drug-likeness (QED) is 0.293. The van der Waals surface area contributed by atoms with Gasteiger partial charge in [0.15, 0.2) is 0 Å². The smallest absolute Gasteiger partial charge is 0.312 e. The molecule has 2 unspecified atom stereocenters. The fourth-order valence-corrected chi connectivity index (χ4v) is 5.73. The van der Waals surface area contributed by atoms with Gasteiger partial charge in [0.2, 0.25) is 11.8 Å². The number of hydrogen-bond acceptors (Lipinski definition) is 6. The lowest BCUT2D eigenvalue weighted by atomic mass is 9.66. The van der Waals surface area contributed by atoms with Crippen molar-refractivity contribution in [2.24, 2.45) is 11.8 Å². The summed E-state index contributed by atoms with van der Waals surface area (Å²) in [6.07, 6.45) is 5.28. The van der Waals surface area contributed by atoms with Crippen LogP contribution in [0.4, 0.5) is 0 Å². The first-order chi connectivity index (χ1) is 15.2. The van der Waals surface area contributed by atoms with E-state index < -0.39 is 35.0 Å². The van der Waals surface area contributed by atoms with E-state index in [0.29, 0.717) is 32.2 Å². The van der Waals surface area contributed by atoms with Crippen molar-refractivity contribution in [1.82, 2.24) is 9.80 Å². The molecule has 0 aliphatic carbocycles. The number of nitrogens with zero attached hydrogens (tertiary/aromatic N) is 2. The van der Waals surface area contributed by atoms with Gasteiger partial charge in [-0.25, -0.2) is 0 Å². The molecule has 5 atom stereocenters. The minimum atomic E-state index is -1.07. The molecule has 1 spiro atoms. The lowest BCUT2D eigenvalue weighted by molar-refractivity contribution is -0.160. The Bertz CT molecular complexity index is 782. The Morgan fingerprint density at radius 1 is 1.34 bits per heavy atom. The number of carbonyl (C=O) groups is 3. The van der Waals surface area contributed by atoms with Gasteiger partial charge in [0, 0.05) is 25.7 Å². The molecule has 178 valence electrons. The number of likely N-dealkylation sites (tertiary alicyclic amines) is 1. The van der Waals surface area contributed by atoms with E-state index in [-0.39, 0.29) is 37.6 Å². The molecule has 8 heteroatoms. The van der Waals surface area contributed by atoms with E-state index in [1.807, 2.05) is 20.8 Å². The summed E-state index contributed by atoms with van der Waals surface area (Å²) in [5.41, 5.74) is -1.93. The maximum atomic E-state index is 13.8. The van der Waals surface area contributed by atoms with Gasteiger partial charge in [0.05, 0.1) is 18.1 Å². The van der Waals surface area contributed by atoms with Gasteiger partial charge in [-0.1, -0.05) is 12.2 Å². The second-order valence-electron chi connectivity index (χ2n) is 9.45. The van der Waals surface area contributed by atoms with Crippen LogP contribution in [0.3, 0.4) is 0 Å². The van der Waals surface area contributed by atoms with Crippen molar-refractivity contribution in [2.45, 2.75) is 69.7 Å². The highest BCUT2D eigenvalue weighted by Gasteiger charge is 2.78. The lowest BCUT2D eigenvalue weighted by Gasteiger charge is -2.38. The highest BCUT2D eigenvalue weighted by atomic mass is 16.6. The summed E-state index contributed by atoms with van der Waals surface area (Å²) in [4.78, 5) is 43.8. The van der Waals surface area contributed by atoms with Gasteiger partial charge < -0.3 is 24.4 Å². The molecule has 2 bridgehead atoms. The van der Waals surface area contributed by atoms with E-state index >= 15 is 0 Å². The molecule has 1 N–H and O–H groups in total. The second-order valence-corrected chi connectivity index (χ2v) is 9.45. The van der Waals surface area contributed by atoms with Crippen molar-refractivity contribution in [3.8, 4) is 0 Å². The molecule has 3 aliphatic rings. The predicted molar refractivity (Wildman–Crippen MR) is 118 cm³/mol. The van der Waals surface area contributed by atoms with Crippen molar-refractivity contribution in [2.75, 3.05) is 26.3 Å².